The van der Waals surface area contributed by atoms with Gasteiger partial charge in [0.2, 0.25) is 0 Å². The van der Waals surface area contributed by atoms with Crippen molar-refractivity contribution in [3.05, 3.63) is 24.3 Å². The Bertz CT molecular complexity index is 332. The Hall–Kier alpha value is -1.14. The molecule has 0 saturated carbocycles. The number of para-hydroxylation sites is 1. The fourth-order valence-electron chi connectivity index (χ4n) is 1.08. The Kier molecular flexibility index (Phi) is 1.92. The zero-order chi connectivity index (χ0) is 8.39. The minimum absolute atomic E-state index is 0.287. The molecule has 1 aliphatic rings. The van der Waals surface area contributed by atoms with Crippen LogP contribution in [0.15, 0.2) is 29.2 Å². The molecule has 0 radical (unpaired) electrons. The van der Waals surface area contributed by atoms with Crippen LogP contribution >= 0.6 is 11.8 Å². The first-order valence-corrected chi connectivity index (χ1v) is 4.67. The maximum atomic E-state index is 8.63. The van der Waals surface area contributed by atoms with Gasteiger partial charge in [0.05, 0.1) is 0 Å². The average molecular weight is 177 g/mol. The van der Waals surface area contributed by atoms with Crippen molar-refractivity contribution in [1.29, 1.82) is 5.26 Å². The molecule has 0 amide bonds. The number of rotatable bonds is 0. The third-order valence-corrected chi connectivity index (χ3v) is 2.77. The molecule has 1 aromatic carbocycles. The van der Waals surface area contributed by atoms with Crippen molar-refractivity contribution >= 4 is 11.8 Å². The van der Waals surface area contributed by atoms with Crippen LogP contribution in [-0.4, -0.2) is 11.9 Å². The lowest BCUT2D eigenvalue weighted by Gasteiger charge is -2.20. The first-order chi connectivity index (χ1) is 5.90. The second-order valence-corrected chi connectivity index (χ2v) is 3.56. The summed E-state index contributed by atoms with van der Waals surface area (Å²) in [5.41, 5.74) is 0. The molecule has 2 rings (SSSR count). The van der Waals surface area contributed by atoms with Gasteiger partial charge >= 0.3 is 0 Å². The van der Waals surface area contributed by atoms with Gasteiger partial charge in [-0.3, -0.25) is 0 Å². The number of nitriles is 1. The van der Waals surface area contributed by atoms with E-state index in [-0.39, 0.29) is 6.10 Å². The van der Waals surface area contributed by atoms with Crippen molar-refractivity contribution in [2.75, 3.05) is 5.75 Å². The van der Waals surface area contributed by atoms with Gasteiger partial charge in [-0.25, -0.2) is 0 Å². The van der Waals surface area contributed by atoms with Gasteiger partial charge in [-0.2, -0.15) is 5.26 Å². The van der Waals surface area contributed by atoms with Crippen LogP contribution in [0.2, 0.25) is 0 Å². The van der Waals surface area contributed by atoms with E-state index in [1.54, 1.807) is 11.8 Å². The molecule has 0 aliphatic carbocycles. The highest BCUT2D eigenvalue weighted by atomic mass is 32.2. The van der Waals surface area contributed by atoms with Crippen molar-refractivity contribution < 1.29 is 4.74 Å². The van der Waals surface area contributed by atoms with Gasteiger partial charge in [0.15, 0.2) is 6.10 Å². The first-order valence-electron chi connectivity index (χ1n) is 3.68. The first kappa shape index (κ1) is 7.51. The largest absolute Gasteiger partial charge is 0.474 e. The summed E-state index contributed by atoms with van der Waals surface area (Å²) in [5.74, 6) is 1.56. The van der Waals surface area contributed by atoms with Crippen LogP contribution in [0.1, 0.15) is 0 Å². The van der Waals surface area contributed by atoms with Crippen LogP contribution in [0.3, 0.4) is 0 Å². The van der Waals surface area contributed by atoms with E-state index in [9.17, 15) is 0 Å². The molecule has 0 spiro atoms. The zero-order valence-electron chi connectivity index (χ0n) is 6.36. The van der Waals surface area contributed by atoms with Crippen LogP contribution in [0.25, 0.3) is 0 Å². The minimum atomic E-state index is -0.287. The third-order valence-electron chi connectivity index (χ3n) is 1.65. The monoisotopic (exact) mass is 177 g/mol. The highest BCUT2D eigenvalue weighted by Crippen LogP contribution is 2.34. The Balaban J connectivity index is 2.30. The molecule has 1 atom stereocenters. The highest BCUT2D eigenvalue weighted by Gasteiger charge is 2.18. The number of fused-ring (bicyclic) bond motifs is 1. The molecule has 1 heterocycles. The van der Waals surface area contributed by atoms with E-state index in [1.807, 2.05) is 24.3 Å². The van der Waals surface area contributed by atoms with Crippen LogP contribution in [0.4, 0.5) is 0 Å². The lowest BCUT2D eigenvalue weighted by atomic mass is 10.3. The van der Waals surface area contributed by atoms with Crippen molar-refractivity contribution in [1.82, 2.24) is 0 Å². The van der Waals surface area contributed by atoms with Gasteiger partial charge in [0.1, 0.15) is 11.8 Å². The van der Waals surface area contributed by atoms with E-state index < -0.39 is 0 Å². The van der Waals surface area contributed by atoms with E-state index in [0.29, 0.717) is 0 Å². The number of hydrogen-bond donors (Lipinski definition) is 0. The van der Waals surface area contributed by atoms with Crippen LogP contribution in [0.5, 0.6) is 5.75 Å². The fourth-order valence-corrected chi connectivity index (χ4v) is 1.99. The van der Waals surface area contributed by atoms with Crippen LogP contribution < -0.4 is 4.74 Å². The molecule has 1 aromatic rings. The van der Waals surface area contributed by atoms with Gasteiger partial charge in [0, 0.05) is 10.6 Å². The SMILES string of the molecule is N#CC1CSc2ccccc2O1. The van der Waals surface area contributed by atoms with Crippen LogP contribution in [-0.2, 0) is 0 Å². The fraction of sp³-hybridized carbons (Fsp3) is 0.222. The van der Waals surface area contributed by atoms with Crippen molar-refractivity contribution in [3.63, 3.8) is 0 Å². The molecule has 0 saturated heterocycles. The summed E-state index contributed by atoms with van der Waals surface area (Å²) >= 11 is 1.67. The van der Waals surface area contributed by atoms with Crippen LogP contribution in [0, 0.1) is 11.3 Å². The predicted molar refractivity (Wildman–Crippen MR) is 47.2 cm³/mol. The molecule has 0 N–H and O–H groups in total. The maximum Gasteiger partial charge on any atom is 0.193 e. The normalized spacial score (nSPS) is 20.4. The summed E-state index contributed by atoms with van der Waals surface area (Å²) in [6, 6.07) is 9.89. The summed E-state index contributed by atoms with van der Waals surface area (Å²) in [7, 11) is 0. The maximum absolute atomic E-state index is 8.63. The smallest absolute Gasteiger partial charge is 0.193 e. The number of benzene rings is 1. The molecular weight excluding hydrogens is 170 g/mol. The molecule has 0 bridgehead atoms. The second kappa shape index (κ2) is 3.08. The quantitative estimate of drug-likeness (QED) is 0.608. The van der Waals surface area contributed by atoms with E-state index in [2.05, 4.69) is 6.07 Å². The third kappa shape index (κ3) is 1.26. The van der Waals surface area contributed by atoms with Gasteiger partial charge in [-0.15, -0.1) is 11.8 Å². The summed E-state index contributed by atoms with van der Waals surface area (Å²) < 4.78 is 5.40. The Morgan fingerprint density at radius 3 is 3.17 bits per heavy atom. The number of ether oxygens (including phenoxy) is 1. The molecule has 1 unspecified atom stereocenters. The molecule has 12 heavy (non-hydrogen) atoms. The van der Waals surface area contributed by atoms with E-state index in [4.69, 9.17) is 10.00 Å². The lowest BCUT2D eigenvalue weighted by molar-refractivity contribution is 0.268. The van der Waals surface area contributed by atoms with Gasteiger partial charge in [-0.05, 0) is 12.1 Å². The number of thioether (sulfide) groups is 1. The molecule has 0 fully saturated rings. The van der Waals surface area contributed by atoms with E-state index in [0.717, 1.165) is 16.4 Å². The lowest BCUT2D eigenvalue weighted by Crippen LogP contribution is -2.20. The zero-order valence-corrected chi connectivity index (χ0v) is 7.17. The highest BCUT2D eigenvalue weighted by molar-refractivity contribution is 7.99. The number of nitrogens with zero attached hydrogens (tertiary/aromatic N) is 1. The molecule has 60 valence electrons. The van der Waals surface area contributed by atoms with Gasteiger partial charge < -0.3 is 4.74 Å². The summed E-state index contributed by atoms with van der Waals surface area (Å²) in [4.78, 5) is 1.13. The van der Waals surface area contributed by atoms with E-state index >= 15 is 0 Å². The van der Waals surface area contributed by atoms with Crippen molar-refractivity contribution in [2.24, 2.45) is 0 Å². The molecule has 3 heteroatoms. The summed E-state index contributed by atoms with van der Waals surface area (Å²) in [6.45, 7) is 0. The van der Waals surface area contributed by atoms with E-state index in [1.165, 1.54) is 0 Å². The molecule has 2 nitrogen and oxygen atoms in total. The predicted octanol–water partition coefficient (Wildman–Crippen LogP) is 2.06. The minimum Gasteiger partial charge on any atom is -0.474 e. The van der Waals surface area contributed by atoms with Crippen molar-refractivity contribution in [2.45, 2.75) is 11.0 Å². The molecule has 0 aromatic heterocycles. The summed E-state index contributed by atoms with van der Waals surface area (Å²) in [5, 5.41) is 8.63. The second-order valence-electron chi connectivity index (χ2n) is 2.49. The Labute approximate surface area is 75.1 Å². The van der Waals surface area contributed by atoms with Gasteiger partial charge in [-0.1, -0.05) is 12.1 Å². The van der Waals surface area contributed by atoms with Gasteiger partial charge in [0.25, 0.3) is 0 Å². The Morgan fingerprint density at radius 1 is 1.50 bits per heavy atom. The summed E-state index contributed by atoms with van der Waals surface area (Å²) in [6.07, 6.45) is -0.287. The van der Waals surface area contributed by atoms with Crippen molar-refractivity contribution in [3.8, 4) is 11.8 Å². The molecule has 1 aliphatic heterocycles. The molecular formula is C9H7NOS. The average Bonchev–Trinajstić information content (AvgIpc) is 2.17. The Morgan fingerprint density at radius 2 is 2.33 bits per heavy atom. The standard InChI is InChI=1S/C9H7NOS/c10-5-7-6-12-9-4-2-1-3-8(9)11-7/h1-4,7H,6H2. The topological polar surface area (TPSA) is 33.0 Å². The number of hydrogen-bond acceptors (Lipinski definition) is 3.